The summed E-state index contributed by atoms with van der Waals surface area (Å²) in [5, 5.41) is 3.72. The van der Waals surface area contributed by atoms with Crippen LogP contribution in [0, 0.1) is 6.92 Å². The third-order valence-corrected chi connectivity index (χ3v) is 5.01. The summed E-state index contributed by atoms with van der Waals surface area (Å²) in [6.07, 6.45) is 0. The molecule has 0 aliphatic heterocycles. The first kappa shape index (κ1) is 14.7. The fourth-order valence-corrected chi connectivity index (χ4v) is 3.33. The third-order valence-electron chi connectivity index (χ3n) is 2.67. The van der Waals surface area contributed by atoms with Gasteiger partial charge in [0.25, 0.3) is 0 Å². The molecule has 6 heteroatoms. The van der Waals surface area contributed by atoms with Gasteiger partial charge in [-0.3, -0.25) is 4.79 Å². The van der Waals surface area contributed by atoms with Crippen molar-refractivity contribution in [1.82, 2.24) is 0 Å². The van der Waals surface area contributed by atoms with E-state index in [1.54, 1.807) is 12.1 Å². The lowest BCUT2D eigenvalue weighted by molar-refractivity contribution is -0.141. The van der Waals surface area contributed by atoms with E-state index < -0.39 is 21.6 Å². The monoisotopic (exact) mass is 310 g/mol. The minimum Gasteiger partial charge on any atom is -0.460 e. The first-order chi connectivity index (χ1) is 9.47. The van der Waals surface area contributed by atoms with E-state index >= 15 is 0 Å². The number of esters is 1. The molecule has 1 aromatic carbocycles. The van der Waals surface area contributed by atoms with Crippen LogP contribution >= 0.6 is 11.3 Å². The van der Waals surface area contributed by atoms with E-state index in [0.717, 1.165) is 11.1 Å². The van der Waals surface area contributed by atoms with Crippen molar-refractivity contribution in [3.63, 3.8) is 0 Å². The standard InChI is InChI=1S/C14H14O4S2/c1-11-2-4-13(5-3-11)20(16,17)10-14(15)18-8-12-6-7-19-9-12/h2-7,9H,8,10H2,1H3. The average molecular weight is 310 g/mol. The summed E-state index contributed by atoms with van der Waals surface area (Å²) < 4.78 is 29.0. The molecule has 4 nitrogen and oxygen atoms in total. The van der Waals surface area contributed by atoms with Gasteiger partial charge in [0.2, 0.25) is 0 Å². The van der Waals surface area contributed by atoms with Crippen LogP contribution in [0.15, 0.2) is 46.0 Å². The molecule has 2 rings (SSSR count). The highest BCUT2D eigenvalue weighted by molar-refractivity contribution is 7.92. The molecule has 0 atom stereocenters. The van der Waals surface area contributed by atoms with E-state index in [4.69, 9.17) is 4.74 Å². The molecule has 0 bridgehead atoms. The summed E-state index contributed by atoms with van der Waals surface area (Å²) in [7, 11) is -3.64. The molecule has 0 fully saturated rings. The lowest BCUT2D eigenvalue weighted by Gasteiger charge is -2.05. The van der Waals surface area contributed by atoms with Crippen molar-refractivity contribution in [2.75, 3.05) is 5.75 Å². The molecule has 0 N–H and O–H groups in total. The highest BCUT2D eigenvalue weighted by Crippen LogP contribution is 2.13. The molecule has 0 unspecified atom stereocenters. The summed E-state index contributed by atoms with van der Waals surface area (Å²) in [6, 6.07) is 8.22. The molecule has 1 aromatic heterocycles. The van der Waals surface area contributed by atoms with Gasteiger partial charge in [-0.15, -0.1) is 0 Å². The predicted octanol–water partition coefficient (Wildman–Crippen LogP) is 2.57. The SMILES string of the molecule is Cc1ccc(S(=O)(=O)CC(=O)OCc2ccsc2)cc1. The Kier molecular flexibility index (Phi) is 4.57. The Bertz CT molecular complexity index is 670. The van der Waals surface area contributed by atoms with E-state index in [1.807, 2.05) is 23.8 Å². The largest absolute Gasteiger partial charge is 0.460 e. The van der Waals surface area contributed by atoms with E-state index in [0.29, 0.717) is 0 Å². The Balaban J connectivity index is 1.97. The Hall–Kier alpha value is -1.66. The van der Waals surface area contributed by atoms with E-state index in [9.17, 15) is 13.2 Å². The van der Waals surface area contributed by atoms with Crippen molar-refractivity contribution in [1.29, 1.82) is 0 Å². The lowest BCUT2D eigenvalue weighted by Crippen LogP contribution is -2.18. The number of carbonyl (C=O) groups excluding carboxylic acids is 1. The molecule has 0 saturated heterocycles. The van der Waals surface area contributed by atoms with Crippen molar-refractivity contribution in [3.05, 3.63) is 52.2 Å². The van der Waals surface area contributed by atoms with Gasteiger partial charge in [-0.1, -0.05) is 17.7 Å². The number of aryl methyl sites for hydroxylation is 1. The first-order valence-electron chi connectivity index (χ1n) is 5.93. The van der Waals surface area contributed by atoms with E-state index in [-0.39, 0.29) is 11.5 Å². The van der Waals surface area contributed by atoms with Gasteiger partial charge in [-0.2, -0.15) is 11.3 Å². The molecule has 0 amide bonds. The minimum absolute atomic E-state index is 0.103. The number of sulfone groups is 1. The Morgan fingerprint density at radius 1 is 1.20 bits per heavy atom. The van der Waals surface area contributed by atoms with Crippen LogP contribution in [0.2, 0.25) is 0 Å². The second-order valence-electron chi connectivity index (χ2n) is 4.36. The van der Waals surface area contributed by atoms with Crippen LogP contribution in [0.4, 0.5) is 0 Å². The maximum absolute atomic E-state index is 12.0. The van der Waals surface area contributed by atoms with Crippen LogP contribution in [0.5, 0.6) is 0 Å². The van der Waals surface area contributed by atoms with Gasteiger partial charge in [-0.05, 0) is 35.9 Å². The second-order valence-corrected chi connectivity index (χ2v) is 7.13. The molecule has 0 aliphatic rings. The third kappa shape index (κ3) is 3.91. The van der Waals surface area contributed by atoms with Crippen LogP contribution in [0.3, 0.4) is 0 Å². The predicted molar refractivity (Wildman–Crippen MR) is 77.3 cm³/mol. The van der Waals surface area contributed by atoms with Crippen LogP contribution in [0.1, 0.15) is 11.1 Å². The zero-order valence-electron chi connectivity index (χ0n) is 10.9. The summed E-state index contributed by atoms with van der Waals surface area (Å²) in [4.78, 5) is 11.7. The topological polar surface area (TPSA) is 60.4 Å². The van der Waals surface area contributed by atoms with E-state index in [1.165, 1.54) is 23.5 Å². The normalized spacial score (nSPS) is 11.2. The summed E-state index contributed by atoms with van der Waals surface area (Å²) in [5.41, 5.74) is 1.82. The molecular formula is C14H14O4S2. The van der Waals surface area contributed by atoms with Crippen LogP contribution in [-0.2, 0) is 26.0 Å². The maximum atomic E-state index is 12.0. The summed E-state index contributed by atoms with van der Waals surface area (Å²) in [6.45, 7) is 1.97. The summed E-state index contributed by atoms with van der Waals surface area (Å²) >= 11 is 1.49. The zero-order valence-corrected chi connectivity index (χ0v) is 12.5. The molecule has 20 heavy (non-hydrogen) atoms. The van der Waals surface area contributed by atoms with Crippen LogP contribution in [-0.4, -0.2) is 20.1 Å². The lowest BCUT2D eigenvalue weighted by atomic mass is 10.2. The summed E-state index contributed by atoms with van der Waals surface area (Å²) in [5.74, 6) is -1.38. The molecule has 0 aliphatic carbocycles. The molecular weight excluding hydrogens is 296 g/mol. The smallest absolute Gasteiger partial charge is 0.321 e. The number of hydrogen-bond acceptors (Lipinski definition) is 5. The van der Waals surface area contributed by atoms with Gasteiger partial charge in [0.15, 0.2) is 15.6 Å². The number of carbonyl (C=O) groups is 1. The second kappa shape index (κ2) is 6.19. The number of ether oxygens (including phenoxy) is 1. The van der Waals surface area contributed by atoms with Crippen molar-refractivity contribution >= 4 is 27.1 Å². The molecule has 1 heterocycles. The highest BCUT2D eigenvalue weighted by atomic mass is 32.2. The van der Waals surface area contributed by atoms with Crippen molar-refractivity contribution in [2.24, 2.45) is 0 Å². The highest BCUT2D eigenvalue weighted by Gasteiger charge is 2.20. The minimum atomic E-state index is -3.64. The first-order valence-corrected chi connectivity index (χ1v) is 8.53. The van der Waals surface area contributed by atoms with Gasteiger partial charge in [0.05, 0.1) is 4.90 Å². The average Bonchev–Trinajstić information content (AvgIpc) is 2.89. The van der Waals surface area contributed by atoms with Crippen LogP contribution in [0.25, 0.3) is 0 Å². The van der Waals surface area contributed by atoms with Gasteiger partial charge in [0, 0.05) is 5.56 Å². The maximum Gasteiger partial charge on any atom is 0.321 e. The number of rotatable bonds is 5. The number of hydrogen-bond donors (Lipinski definition) is 0. The molecule has 0 saturated carbocycles. The van der Waals surface area contributed by atoms with Gasteiger partial charge in [0.1, 0.15) is 6.61 Å². The fraction of sp³-hybridized carbons (Fsp3) is 0.214. The van der Waals surface area contributed by atoms with Gasteiger partial charge in [-0.25, -0.2) is 8.42 Å². The Labute approximate surface area is 121 Å². The zero-order chi connectivity index (χ0) is 14.6. The molecule has 2 aromatic rings. The molecule has 0 radical (unpaired) electrons. The van der Waals surface area contributed by atoms with E-state index in [2.05, 4.69) is 0 Å². The van der Waals surface area contributed by atoms with Crippen LogP contribution < -0.4 is 0 Å². The van der Waals surface area contributed by atoms with Crippen molar-refractivity contribution in [3.8, 4) is 0 Å². The number of benzene rings is 1. The fourth-order valence-electron chi connectivity index (χ4n) is 1.56. The van der Waals surface area contributed by atoms with Gasteiger partial charge < -0.3 is 4.74 Å². The number of thiophene rings is 1. The van der Waals surface area contributed by atoms with Gasteiger partial charge >= 0.3 is 5.97 Å². The molecule has 0 spiro atoms. The molecule has 106 valence electrons. The Morgan fingerprint density at radius 3 is 2.50 bits per heavy atom. The Morgan fingerprint density at radius 2 is 1.90 bits per heavy atom. The quantitative estimate of drug-likeness (QED) is 0.796. The van der Waals surface area contributed by atoms with Crippen molar-refractivity contribution in [2.45, 2.75) is 18.4 Å². The van der Waals surface area contributed by atoms with Crippen molar-refractivity contribution < 1.29 is 17.9 Å².